The fourth-order valence-electron chi connectivity index (χ4n) is 3.05. The lowest BCUT2D eigenvalue weighted by atomic mass is 9.94. The third-order valence-electron chi connectivity index (χ3n) is 4.38. The molecule has 1 atom stereocenters. The number of hydrogen-bond acceptors (Lipinski definition) is 4. The number of thiocarbonyl (C=S) groups is 1. The van der Waals surface area contributed by atoms with Crippen molar-refractivity contribution in [2.45, 2.75) is 13.0 Å². The third kappa shape index (κ3) is 3.91. The average Bonchev–Trinajstić information content (AvgIpc) is 2.68. The number of amides is 1. The Hall–Kier alpha value is -3.13. The second-order valence-electron chi connectivity index (χ2n) is 6.11. The van der Waals surface area contributed by atoms with Crippen molar-refractivity contribution in [3.63, 3.8) is 0 Å². The average molecular weight is 401 g/mol. The molecule has 0 radical (unpaired) electrons. The summed E-state index contributed by atoms with van der Waals surface area (Å²) >= 11 is 5.27. The fraction of sp³-hybridized carbons (Fsp3) is 0.200. The first kappa shape index (κ1) is 19.6. The summed E-state index contributed by atoms with van der Waals surface area (Å²) in [4.78, 5) is 13.0. The van der Waals surface area contributed by atoms with E-state index in [1.54, 1.807) is 51.5 Å². The van der Waals surface area contributed by atoms with E-state index in [9.17, 15) is 9.18 Å². The van der Waals surface area contributed by atoms with Crippen LogP contribution in [0.2, 0.25) is 0 Å². The Morgan fingerprint density at radius 3 is 2.61 bits per heavy atom. The van der Waals surface area contributed by atoms with Gasteiger partial charge in [-0.15, -0.1) is 0 Å². The van der Waals surface area contributed by atoms with Crippen LogP contribution in [0.25, 0.3) is 0 Å². The number of rotatable bonds is 5. The van der Waals surface area contributed by atoms with Gasteiger partial charge in [0.05, 0.1) is 31.5 Å². The number of carbonyl (C=O) groups is 1. The molecular formula is C20H20FN3O3S. The summed E-state index contributed by atoms with van der Waals surface area (Å²) in [7, 11) is 3.10. The van der Waals surface area contributed by atoms with Crippen molar-refractivity contribution in [2.24, 2.45) is 0 Å². The van der Waals surface area contributed by atoms with Crippen molar-refractivity contribution in [2.75, 3.05) is 19.5 Å². The zero-order chi connectivity index (χ0) is 20.3. The van der Waals surface area contributed by atoms with Gasteiger partial charge in [-0.1, -0.05) is 12.1 Å². The van der Waals surface area contributed by atoms with Crippen LogP contribution in [0.4, 0.5) is 10.1 Å². The van der Waals surface area contributed by atoms with E-state index < -0.39 is 17.8 Å². The molecule has 0 bridgehead atoms. The van der Waals surface area contributed by atoms with Gasteiger partial charge < -0.3 is 25.4 Å². The lowest BCUT2D eigenvalue weighted by Crippen LogP contribution is -2.45. The second-order valence-corrected chi connectivity index (χ2v) is 6.52. The van der Waals surface area contributed by atoms with E-state index in [0.717, 1.165) is 0 Å². The molecule has 2 aromatic carbocycles. The van der Waals surface area contributed by atoms with E-state index in [1.165, 1.54) is 12.1 Å². The molecule has 2 aromatic rings. The molecule has 146 valence electrons. The molecule has 0 aliphatic carbocycles. The van der Waals surface area contributed by atoms with Crippen LogP contribution >= 0.6 is 12.2 Å². The van der Waals surface area contributed by atoms with E-state index in [4.69, 9.17) is 21.7 Å². The Morgan fingerprint density at radius 1 is 1.18 bits per heavy atom. The van der Waals surface area contributed by atoms with E-state index >= 15 is 0 Å². The van der Waals surface area contributed by atoms with Crippen LogP contribution in [-0.2, 0) is 4.79 Å². The molecule has 28 heavy (non-hydrogen) atoms. The van der Waals surface area contributed by atoms with Gasteiger partial charge in [-0.05, 0) is 49.5 Å². The zero-order valence-corrected chi connectivity index (χ0v) is 16.4. The highest BCUT2D eigenvalue weighted by molar-refractivity contribution is 7.80. The fourth-order valence-corrected chi connectivity index (χ4v) is 3.32. The standard InChI is InChI=1S/C20H20FN3O3S/c1-11-17(19(25)23-15-7-5-4-6-14(15)21)18(24-20(28)22-11)13-10-12(26-2)8-9-16(13)27-3/h4-10,18H,1-3H3,(H,23,25)(H2,22,24,28)/t18-/m1/s1. The highest BCUT2D eigenvalue weighted by atomic mass is 32.1. The molecule has 0 aromatic heterocycles. The van der Waals surface area contributed by atoms with Crippen molar-refractivity contribution in [3.05, 3.63) is 65.1 Å². The largest absolute Gasteiger partial charge is 0.497 e. The van der Waals surface area contributed by atoms with Crippen LogP contribution in [-0.4, -0.2) is 25.2 Å². The van der Waals surface area contributed by atoms with E-state index in [1.807, 2.05) is 0 Å². The van der Waals surface area contributed by atoms with Gasteiger partial charge in [0.2, 0.25) is 0 Å². The lowest BCUT2D eigenvalue weighted by Gasteiger charge is -2.31. The number of carbonyl (C=O) groups excluding carboxylic acids is 1. The zero-order valence-electron chi connectivity index (χ0n) is 15.6. The summed E-state index contributed by atoms with van der Waals surface area (Å²) in [6, 6.07) is 10.7. The van der Waals surface area contributed by atoms with Crippen LogP contribution in [0.5, 0.6) is 11.5 Å². The second kappa shape index (κ2) is 8.26. The van der Waals surface area contributed by atoms with Crippen LogP contribution in [0.15, 0.2) is 53.7 Å². The molecule has 0 saturated heterocycles. The number of anilines is 1. The van der Waals surface area contributed by atoms with Crippen molar-refractivity contribution in [1.29, 1.82) is 0 Å². The monoisotopic (exact) mass is 401 g/mol. The number of allylic oxidation sites excluding steroid dienone is 1. The number of hydrogen-bond donors (Lipinski definition) is 3. The van der Waals surface area contributed by atoms with Gasteiger partial charge in [0, 0.05) is 11.3 Å². The van der Waals surface area contributed by atoms with E-state index in [-0.39, 0.29) is 5.69 Å². The molecule has 1 aliphatic rings. The van der Waals surface area contributed by atoms with Crippen molar-refractivity contribution >= 4 is 28.9 Å². The van der Waals surface area contributed by atoms with E-state index in [2.05, 4.69) is 16.0 Å². The molecule has 6 nitrogen and oxygen atoms in total. The van der Waals surface area contributed by atoms with Gasteiger partial charge in [-0.25, -0.2) is 4.39 Å². The smallest absolute Gasteiger partial charge is 0.255 e. The molecule has 1 heterocycles. The van der Waals surface area contributed by atoms with Crippen molar-refractivity contribution in [3.8, 4) is 11.5 Å². The number of halogens is 1. The first-order valence-electron chi connectivity index (χ1n) is 8.50. The minimum atomic E-state index is -0.606. The SMILES string of the molecule is COc1ccc(OC)c([C@H]2NC(=S)NC(C)=C2C(=O)Nc2ccccc2F)c1. The highest BCUT2D eigenvalue weighted by Crippen LogP contribution is 2.36. The maximum absolute atomic E-state index is 14.0. The summed E-state index contributed by atoms with van der Waals surface area (Å²) in [5.74, 6) is 0.192. The number of benzene rings is 2. The van der Waals surface area contributed by atoms with Crippen molar-refractivity contribution < 1.29 is 18.7 Å². The van der Waals surface area contributed by atoms with Crippen LogP contribution in [0, 0.1) is 5.82 Å². The molecule has 1 amide bonds. The first-order valence-corrected chi connectivity index (χ1v) is 8.91. The van der Waals surface area contributed by atoms with Gasteiger partial charge in [-0.3, -0.25) is 4.79 Å². The maximum atomic E-state index is 14.0. The van der Waals surface area contributed by atoms with Crippen LogP contribution in [0.3, 0.4) is 0 Å². The number of nitrogens with one attached hydrogen (secondary N) is 3. The normalized spacial score (nSPS) is 16.1. The Kier molecular flexibility index (Phi) is 5.79. The Balaban J connectivity index is 2.04. The van der Waals surface area contributed by atoms with Crippen LogP contribution < -0.4 is 25.4 Å². The minimum absolute atomic E-state index is 0.0947. The van der Waals surface area contributed by atoms with Gasteiger partial charge in [0.15, 0.2) is 5.11 Å². The van der Waals surface area contributed by atoms with Gasteiger partial charge in [0.1, 0.15) is 17.3 Å². The summed E-state index contributed by atoms with van der Waals surface area (Å²) < 4.78 is 24.8. The molecule has 0 spiro atoms. The van der Waals surface area contributed by atoms with Gasteiger partial charge >= 0.3 is 0 Å². The molecule has 0 unspecified atom stereocenters. The Labute approximate surface area is 167 Å². The third-order valence-corrected chi connectivity index (χ3v) is 4.60. The predicted octanol–water partition coefficient (Wildman–Crippen LogP) is 3.27. The van der Waals surface area contributed by atoms with Crippen molar-refractivity contribution in [1.82, 2.24) is 10.6 Å². The quantitative estimate of drug-likeness (QED) is 0.668. The first-order chi connectivity index (χ1) is 13.4. The Bertz CT molecular complexity index is 961. The predicted molar refractivity (Wildman–Crippen MR) is 109 cm³/mol. The molecule has 0 saturated carbocycles. The van der Waals surface area contributed by atoms with Crippen LogP contribution in [0.1, 0.15) is 18.5 Å². The summed E-state index contributed by atoms with van der Waals surface area (Å²) in [5.41, 5.74) is 1.69. The number of para-hydroxylation sites is 1. The number of ether oxygens (including phenoxy) is 2. The van der Waals surface area contributed by atoms with E-state index in [0.29, 0.717) is 33.4 Å². The molecule has 3 rings (SSSR count). The minimum Gasteiger partial charge on any atom is -0.497 e. The number of methoxy groups -OCH3 is 2. The Morgan fingerprint density at radius 2 is 1.93 bits per heavy atom. The molecule has 1 aliphatic heterocycles. The maximum Gasteiger partial charge on any atom is 0.255 e. The summed E-state index contributed by atoms with van der Waals surface area (Å²) in [5, 5.41) is 9.04. The molecule has 0 fully saturated rings. The van der Waals surface area contributed by atoms with Gasteiger partial charge in [0.25, 0.3) is 5.91 Å². The molecule has 8 heteroatoms. The summed E-state index contributed by atoms with van der Waals surface area (Å²) in [6.45, 7) is 1.74. The lowest BCUT2D eigenvalue weighted by molar-refractivity contribution is -0.113. The summed E-state index contributed by atoms with van der Waals surface area (Å²) in [6.07, 6.45) is 0. The molecular weight excluding hydrogens is 381 g/mol. The van der Waals surface area contributed by atoms with Gasteiger partial charge in [-0.2, -0.15) is 0 Å². The molecule has 3 N–H and O–H groups in total. The highest BCUT2D eigenvalue weighted by Gasteiger charge is 2.32. The topological polar surface area (TPSA) is 71.6 Å².